The van der Waals surface area contributed by atoms with E-state index in [9.17, 15) is 9.59 Å². The molecule has 0 unspecified atom stereocenters. The van der Waals surface area contributed by atoms with Gasteiger partial charge < -0.3 is 0 Å². The van der Waals surface area contributed by atoms with Crippen LogP contribution in [-0.2, 0) is 0 Å². The molecule has 0 aliphatic heterocycles. The number of nitrogens with one attached hydrogen (secondary N) is 2. The summed E-state index contributed by atoms with van der Waals surface area (Å²) in [5, 5.41) is 2.05. The lowest BCUT2D eigenvalue weighted by Gasteiger charge is -2.06. The number of carbonyl (C=O) groups excluding carboxylic acids is 2. The maximum Gasteiger partial charge on any atom is 0.281 e. The van der Waals surface area contributed by atoms with Gasteiger partial charge in [0, 0.05) is 12.4 Å². The Morgan fingerprint density at radius 1 is 1.22 bits per heavy atom. The van der Waals surface area contributed by atoms with Crippen LogP contribution in [0.2, 0.25) is 5.02 Å². The third-order valence-corrected chi connectivity index (χ3v) is 3.38. The summed E-state index contributed by atoms with van der Waals surface area (Å²) in [6.45, 7) is 0. The normalized spacial score (nSPS) is 9.83. The molecule has 2 N–H and O–H groups in total. The number of amides is 2. The molecular weight excluding hydrogens is 274 g/mol. The zero-order valence-corrected chi connectivity index (χ0v) is 10.6. The van der Waals surface area contributed by atoms with Crippen molar-refractivity contribution in [2.75, 3.05) is 0 Å². The van der Waals surface area contributed by atoms with Gasteiger partial charge in [0.2, 0.25) is 0 Å². The summed E-state index contributed by atoms with van der Waals surface area (Å²) < 4.78 is 0. The van der Waals surface area contributed by atoms with Crippen molar-refractivity contribution in [1.82, 2.24) is 15.8 Å². The second kappa shape index (κ2) is 5.61. The molecule has 18 heavy (non-hydrogen) atoms. The number of hydrazine groups is 1. The van der Waals surface area contributed by atoms with E-state index in [-0.39, 0.29) is 0 Å². The van der Waals surface area contributed by atoms with E-state index < -0.39 is 11.8 Å². The summed E-state index contributed by atoms with van der Waals surface area (Å²) in [5.74, 6) is -0.892. The number of thiophene rings is 1. The molecule has 0 aliphatic carbocycles. The van der Waals surface area contributed by atoms with Crippen molar-refractivity contribution in [2.45, 2.75) is 0 Å². The Balaban J connectivity index is 1.95. The predicted molar refractivity (Wildman–Crippen MR) is 68.5 cm³/mol. The number of halogens is 1. The Kier molecular flexibility index (Phi) is 3.91. The molecule has 5 nitrogen and oxygen atoms in total. The van der Waals surface area contributed by atoms with Crippen LogP contribution in [-0.4, -0.2) is 16.8 Å². The molecule has 0 radical (unpaired) electrons. The summed E-state index contributed by atoms with van der Waals surface area (Å²) >= 11 is 6.99. The number of aromatic nitrogens is 1. The highest BCUT2D eigenvalue weighted by molar-refractivity contribution is 7.12. The van der Waals surface area contributed by atoms with E-state index >= 15 is 0 Å². The summed E-state index contributed by atoms with van der Waals surface area (Å²) in [6, 6.07) is 4.84. The van der Waals surface area contributed by atoms with Gasteiger partial charge in [0.15, 0.2) is 0 Å². The Morgan fingerprint density at radius 3 is 2.61 bits per heavy atom. The topological polar surface area (TPSA) is 71.1 Å². The minimum atomic E-state index is -0.452. The van der Waals surface area contributed by atoms with Gasteiger partial charge in [0.1, 0.15) is 4.88 Å². The van der Waals surface area contributed by atoms with Gasteiger partial charge in [-0.25, -0.2) is 0 Å². The second-order valence-electron chi connectivity index (χ2n) is 3.25. The van der Waals surface area contributed by atoms with Crippen LogP contribution in [0.5, 0.6) is 0 Å². The zero-order chi connectivity index (χ0) is 13.0. The van der Waals surface area contributed by atoms with E-state index in [0.717, 1.165) is 0 Å². The standard InChI is InChI=1S/C11H8ClN3O2S/c12-8-3-5-18-9(8)11(17)15-14-10(16)7-2-1-4-13-6-7/h1-6H,(H,14,16)(H,15,17). The van der Waals surface area contributed by atoms with Crippen molar-refractivity contribution in [3.8, 4) is 0 Å². The van der Waals surface area contributed by atoms with Gasteiger partial charge in [0.05, 0.1) is 10.6 Å². The molecule has 0 saturated carbocycles. The third-order valence-electron chi connectivity index (χ3n) is 2.04. The molecule has 0 saturated heterocycles. The van der Waals surface area contributed by atoms with Crippen LogP contribution < -0.4 is 10.9 Å². The predicted octanol–water partition coefficient (Wildman–Crippen LogP) is 1.87. The minimum absolute atomic E-state index is 0.350. The number of hydrogen-bond acceptors (Lipinski definition) is 4. The summed E-state index contributed by atoms with van der Waals surface area (Å²) in [7, 11) is 0. The van der Waals surface area contributed by atoms with Crippen LogP contribution >= 0.6 is 22.9 Å². The van der Waals surface area contributed by atoms with Crippen molar-refractivity contribution in [2.24, 2.45) is 0 Å². The van der Waals surface area contributed by atoms with Gasteiger partial charge in [-0.1, -0.05) is 11.6 Å². The van der Waals surface area contributed by atoms with Gasteiger partial charge in [0.25, 0.3) is 11.8 Å². The lowest BCUT2D eigenvalue weighted by Crippen LogP contribution is -2.41. The fraction of sp³-hybridized carbons (Fsp3) is 0. The summed E-state index contributed by atoms with van der Waals surface area (Å²) in [5.41, 5.74) is 4.92. The molecule has 0 atom stereocenters. The molecule has 2 heterocycles. The molecule has 0 fully saturated rings. The SMILES string of the molecule is O=C(NNC(=O)c1sccc1Cl)c1cccnc1. The van der Waals surface area contributed by atoms with Crippen molar-refractivity contribution in [3.05, 3.63) is 51.4 Å². The van der Waals surface area contributed by atoms with E-state index in [0.29, 0.717) is 15.5 Å². The highest BCUT2D eigenvalue weighted by Crippen LogP contribution is 2.21. The number of carbonyl (C=O) groups is 2. The van der Waals surface area contributed by atoms with Crippen molar-refractivity contribution >= 4 is 34.8 Å². The first kappa shape index (κ1) is 12.5. The first-order chi connectivity index (χ1) is 8.68. The quantitative estimate of drug-likeness (QED) is 0.826. The minimum Gasteiger partial charge on any atom is -0.267 e. The van der Waals surface area contributed by atoms with Gasteiger partial charge in [-0.15, -0.1) is 11.3 Å². The zero-order valence-electron chi connectivity index (χ0n) is 9.01. The lowest BCUT2D eigenvalue weighted by atomic mass is 10.3. The number of rotatable bonds is 2. The van der Waals surface area contributed by atoms with Crippen LogP contribution in [0.15, 0.2) is 36.0 Å². The third kappa shape index (κ3) is 2.85. The molecule has 0 aromatic carbocycles. The van der Waals surface area contributed by atoms with Crippen molar-refractivity contribution in [3.63, 3.8) is 0 Å². The summed E-state index contributed by atoms with van der Waals surface area (Å²) in [6.07, 6.45) is 2.96. The van der Waals surface area contributed by atoms with Gasteiger partial charge in [-0.2, -0.15) is 0 Å². The maximum absolute atomic E-state index is 11.6. The largest absolute Gasteiger partial charge is 0.281 e. The van der Waals surface area contributed by atoms with Crippen LogP contribution in [0.4, 0.5) is 0 Å². The highest BCUT2D eigenvalue weighted by Gasteiger charge is 2.13. The van der Waals surface area contributed by atoms with Crippen LogP contribution in [0.1, 0.15) is 20.0 Å². The molecule has 2 aromatic heterocycles. The smallest absolute Gasteiger partial charge is 0.267 e. The average Bonchev–Trinajstić information content (AvgIpc) is 2.83. The molecule has 7 heteroatoms. The van der Waals surface area contributed by atoms with E-state index in [2.05, 4.69) is 15.8 Å². The van der Waals surface area contributed by atoms with Gasteiger partial charge >= 0.3 is 0 Å². The fourth-order valence-electron chi connectivity index (χ4n) is 1.20. The molecule has 2 amide bonds. The number of hydrogen-bond donors (Lipinski definition) is 2. The Morgan fingerprint density at radius 2 is 2.00 bits per heavy atom. The van der Waals surface area contributed by atoms with Crippen LogP contribution in [0.3, 0.4) is 0 Å². The molecule has 92 valence electrons. The fourth-order valence-corrected chi connectivity index (χ4v) is 2.23. The Bertz CT molecular complexity index is 571. The first-order valence-corrected chi connectivity index (χ1v) is 6.18. The lowest BCUT2D eigenvalue weighted by molar-refractivity contribution is 0.0848. The van der Waals surface area contributed by atoms with E-state index in [1.165, 1.54) is 17.5 Å². The van der Waals surface area contributed by atoms with E-state index in [4.69, 9.17) is 11.6 Å². The molecule has 0 bridgehead atoms. The van der Waals surface area contributed by atoms with Crippen molar-refractivity contribution in [1.29, 1.82) is 0 Å². The molecule has 2 rings (SSSR count). The number of nitrogens with zero attached hydrogens (tertiary/aromatic N) is 1. The average molecular weight is 282 g/mol. The maximum atomic E-state index is 11.6. The summed E-state index contributed by atoms with van der Waals surface area (Å²) in [4.78, 5) is 27.4. The molecule has 0 spiro atoms. The van der Waals surface area contributed by atoms with Gasteiger partial charge in [-0.05, 0) is 23.6 Å². The number of pyridine rings is 1. The Hall–Kier alpha value is -1.92. The monoisotopic (exact) mass is 281 g/mol. The Labute approximate surface area is 112 Å². The second-order valence-corrected chi connectivity index (χ2v) is 4.57. The van der Waals surface area contributed by atoms with E-state index in [1.54, 1.807) is 29.8 Å². The molecular formula is C11H8ClN3O2S. The highest BCUT2D eigenvalue weighted by atomic mass is 35.5. The molecule has 2 aromatic rings. The van der Waals surface area contributed by atoms with Crippen LogP contribution in [0, 0.1) is 0 Å². The van der Waals surface area contributed by atoms with Crippen molar-refractivity contribution < 1.29 is 9.59 Å². The van der Waals surface area contributed by atoms with E-state index in [1.807, 2.05) is 0 Å². The van der Waals surface area contributed by atoms with Gasteiger partial charge in [-0.3, -0.25) is 25.4 Å². The molecule has 0 aliphatic rings. The first-order valence-electron chi connectivity index (χ1n) is 4.92. The van der Waals surface area contributed by atoms with Crippen LogP contribution in [0.25, 0.3) is 0 Å².